The van der Waals surface area contributed by atoms with Crippen molar-refractivity contribution in [3.63, 3.8) is 0 Å². The first-order valence-corrected chi connectivity index (χ1v) is 9.97. The second-order valence-corrected chi connectivity index (χ2v) is 7.85. The first-order valence-electron chi connectivity index (χ1n) is 9.97. The number of carbonyl (C=O) groups is 1. The molecule has 0 spiro atoms. The zero-order valence-corrected chi connectivity index (χ0v) is 18.7. The Morgan fingerprint density at radius 1 is 1.29 bits per heavy atom. The Kier molecular flexibility index (Phi) is 9.44. The number of methoxy groups -OCH3 is 1. The van der Waals surface area contributed by atoms with Crippen molar-refractivity contribution >= 4 is 12.0 Å². The highest BCUT2D eigenvalue weighted by molar-refractivity contribution is 6.01. The van der Waals surface area contributed by atoms with Gasteiger partial charge in [0.25, 0.3) is 5.91 Å². The Labute approximate surface area is 170 Å². The van der Waals surface area contributed by atoms with Crippen LogP contribution in [0.2, 0.25) is 0 Å². The molecule has 1 heterocycles. The van der Waals surface area contributed by atoms with Crippen molar-refractivity contribution in [1.29, 1.82) is 5.26 Å². The Bertz CT molecular complexity index is 718. The quantitative estimate of drug-likeness (QED) is 0.492. The maximum atomic E-state index is 12.5. The van der Waals surface area contributed by atoms with Crippen LogP contribution in [0, 0.1) is 25.2 Å². The highest BCUT2D eigenvalue weighted by atomic mass is 16.5. The third-order valence-corrected chi connectivity index (χ3v) is 5.02. The largest absolute Gasteiger partial charge is 0.383 e. The smallest absolute Gasteiger partial charge is 0.261 e. The third-order valence-electron chi connectivity index (χ3n) is 5.02. The number of ether oxygens (including phenoxy) is 1. The van der Waals surface area contributed by atoms with E-state index in [0.717, 1.165) is 23.5 Å². The molecule has 0 saturated heterocycles. The standard InChI is InChI=1S/C22H36N4O2/c1-15(2)25(16(3)4)10-9-24-22(27)21(13-23)12-20-11-17(5)26(19(20)7)18(6)14-28-8/h11-12,15-16,18H,9-10,14H2,1-8H3,(H,24,27)/b21-12-. The first kappa shape index (κ1) is 23.9. The monoisotopic (exact) mass is 388 g/mol. The highest BCUT2D eigenvalue weighted by Gasteiger charge is 2.17. The minimum atomic E-state index is -0.329. The van der Waals surface area contributed by atoms with Crippen molar-refractivity contribution in [1.82, 2.24) is 14.8 Å². The lowest BCUT2D eigenvalue weighted by atomic mass is 10.1. The zero-order chi connectivity index (χ0) is 21.4. The van der Waals surface area contributed by atoms with Gasteiger partial charge in [-0.2, -0.15) is 5.26 Å². The summed E-state index contributed by atoms with van der Waals surface area (Å²) in [5, 5.41) is 12.4. The first-order chi connectivity index (χ1) is 13.1. The van der Waals surface area contributed by atoms with Crippen LogP contribution in [0.1, 0.15) is 57.6 Å². The van der Waals surface area contributed by atoms with Gasteiger partial charge in [0.2, 0.25) is 0 Å². The van der Waals surface area contributed by atoms with Crippen LogP contribution >= 0.6 is 0 Å². The third kappa shape index (κ3) is 6.22. The van der Waals surface area contributed by atoms with E-state index < -0.39 is 0 Å². The molecule has 0 bridgehead atoms. The molecule has 0 radical (unpaired) electrons. The topological polar surface area (TPSA) is 70.3 Å². The molecule has 1 amide bonds. The second kappa shape index (κ2) is 11.0. The molecule has 1 unspecified atom stereocenters. The van der Waals surface area contributed by atoms with Gasteiger partial charge < -0.3 is 14.6 Å². The number of aromatic nitrogens is 1. The fraction of sp³-hybridized carbons (Fsp3) is 0.636. The number of nitriles is 1. The number of amides is 1. The maximum absolute atomic E-state index is 12.5. The van der Waals surface area contributed by atoms with Crippen molar-refractivity contribution in [3.05, 3.63) is 28.6 Å². The lowest BCUT2D eigenvalue weighted by molar-refractivity contribution is -0.117. The second-order valence-electron chi connectivity index (χ2n) is 7.85. The summed E-state index contributed by atoms with van der Waals surface area (Å²) in [6.45, 7) is 16.5. The lowest BCUT2D eigenvalue weighted by Gasteiger charge is -2.30. The van der Waals surface area contributed by atoms with Crippen molar-refractivity contribution in [2.24, 2.45) is 0 Å². The average Bonchev–Trinajstić information content (AvgIpc) is 2.89. The molecule has 0 saturated carbocycles. The molecule has 1 aromatic heterocycles. The van der Waals surface area contributed by atoms with Gasteiger partial charge in [-0.15, -0.1) is 0 Å². The molecule has 1 rings (SSSR count). The molecule has 6 nitrogen and oxygen atoms in total. The summed E-state index contributed by atoms with van der Waals surface area (Å²) in [5.74, 6) is -0.329. The van der Waals surface area contributed by atoms with Crippen LogP contribution < -0.4 is 5.32 Å². The minimum absolute atomic E-state index is 0.125. The molecule has 0 aliphatic heterocycles. The summed E-state index contributed by atoms with van der Waals surface area (Å²) in [5.41, 5.74) is 3.11. The molecular formula is C22H36N4O2. The Balaban J connectivity index is 2.90. The molecule has 1 atom stereocenters. The van der Waals surface area contributed by atoms with E-state index in [-0.39, 0.29) is 17.5 Å². The van der Waals surface area contributed by atoms with Gasteiger partial charge in [-0.1, -0.05) is 0 Å². The van der Waals surface area contributed by atoms with Crippen molar-refractivity contribution in [2.75, 3.05) is 26.8 Å². The van der Waals surface area contributed by atoms with E-state index in [1.807, 2.05) is 26.0 Å². The van der Waals surface area contributed by atoms with Crippen LogP contribution in [0.5, 0.6) is 0 Å². The molecule has 1 aromatic rings. The van der Waals surface area contributed by atoms with Gasteiger partial charge in [-0.25, -0.2) is 0 Å². The number of hydrogen-bond donors (Lipinski definition) is 1. The highest BCUT2D eigenvalue weighted by Crippen LogP contribution is 2.22. The van der Waals surface area contributed by atoms with Gasteiger partial charge in [-0.3, -0.25) is 9.69 Å². The molecule has 156 valence electrons. The number of aryl methyl sites for hydroxylation is 1. The van der Waals surface area contributed by atoms with Crippen LogP contribution in [0.15, 0.2) is 11.6 Å². The van der Waals surface area contributed by atoms with Gasteiger partial charge in [0, 0.05) is 43.7 Å². The summed E-state index contributed by atoms with van der Waals surface area (Å²) in [7, 11) is 1.68. The van der Waals surface area contributed by atoms with Crippen LogP contribution in [0.4, 0.5) is 0 Å². The molecule has 0 aliphatic rings. The minimum Gasteiger partial charge on any atom is -0.383 e. The van der Waals surface area contributed by atoms with E-state index in [1.54, 1.807) is 13.2 Å². The number of carbonyl (C=O) groups excluding carboxylic acids is 1. The van der Waals surface area contributed by atoms with Crippen LogP contribution in [-0.4, -0.2) is 54.3 Å². The van der Waals surface area contributed by atoms with E-state index >= 15 is 0 Å². The fourth-order valence-corrected chi connectivity index (χ4v) is 3.75. The van der Waals surface area contributed by atoms with E-state index in [2.05, 4.69) is 49.4 Å². The van der Waals surface area contributed by atoms with E-state index in [9.17, 15) is 10.1 Å². The van der Waals surface area contributed by atoms with Crippen molar-refractivity contribution < 1.29 is 9.53 Å². The van der Waals surface area contributed by atoms with Crippen LogP contribution in [0.3, 0.4) is 0 Å². The number of nitrogens with zero attached hydrogens (tertiary/aromatic N) is 3. The normalized spacial score (nSPS) is 13.3. The van der Waals surface area contributed by atoms with Gasteiger partial charge in [0.05, 0.1) is 12.6 Å². The summed E-state index contributed by atoms with van der Waals surface area (Å²) in [6.07, 6.45) is 1.68. The number of hydrogen-bond acceptors (Lipinski definition) is 4. The average molecular weight is 389 g/mol. The molecule has 0 fully saturated rings. The molecule has 0 aliphatic carbocycles. The Morgan fingerprint density at radius 2 is 1.89 bits per heavy atom. The van der Waals surface area contributed by atoms with Gasteiger partial charge in [0.1, 0.15) is 11.6 Å². The van der Waals surface area contributed by atoms with E-state index in [4.69, 9.17) is 4.74 Å². The predicted octanol–water partition coefficient (Wildman–Crippen LogP) is 3.45. The molecule has 1 N–H and O–H groups in total. The fourth-order valence-electron chi connectivity index (χ4n) is 3.75. The van der Waals surface area contributed by atoms with Crippen LogP contribution in [-0.2, 0) is 9.53 Å². The van der Waals surface area contributed by atoms with E-state index in [0.29, 0.717) is 25.2 Å². The van der Waals surface area contributed by atoms with Crippen LogP contribution in [0.25, 0.3) is 6.08 Å². The summed E-state index contributed by atoms with van der Waals surface area (Å²) < 4.78 is 7.43. The lowest BCUT2D eigenvalue weighted by Crippen LogP contribution is -2.42. The molecule has 0 aromatic carbocycles. The van der Waals surface area contributed by atoms with Gasteiger partial charge >= 0.3 is 0 Å². The zero-order valence-electron chi connectivity index (χ0n) is 18.7. The Morgan fingerprint density at radius 3 is 2.39 bits per heavy atom. The molecule has 28 heavy (non-hydrogen) atoms. The maximum Gasteiger partial charge on any atom is 0.261 e. The summed E-state index contributed by atoms with van der Waals surface area (Å²) in [4.78, 5) is 14.8. The predicted molar refractivity (Wildman–Crippen MR) is 114 cm³/mol. The van der Waals surface area contributed by atoms with Gasteiger partial charge in [0.15, 0.2) is 0 Å². The molecule has 6 heteroatoms. The van der Waals surface area contributed by atoms with Crippen molar-refractivity contribution in [2.45, 2.75) is 66.6 Å². The van der Waals surface area contributed by atoms with Crippen molar-refractivity contribution in [3.8, 4) is 6.07 Å². The summed E-state index contributed by atoms with van der Waals surface area (Å²) in [6, 6.07) is 5.05. The SMILES string of the molecule is COCC(C)n1c(C)cc(/C=C(/C#N)C(=O)NCCN(C(C)C)C(C)C)c1C. The summed E-state index contributed by atoms with van der Waals surface area (Å²) >= 11 is 0. The number of nitrogens with one attached hydrogen (secondary N) is 1. The Hall–Kier alpha value is -2.10. The number of rotatable bonds is 10. The van der Waals surface area contributed by atoms with Gasteiger partial charge in [-0.05, 0) is 66.2 Å². The van der Waals surface area contributed by atoms with E-state index in [1.165, 1.54) is 0 Å². The molecular weight excluding hydrogens is 352 g/mol.